The van der Waals surface area contributed by atoms with E-state index in [4.69, 9.17) is 0 Å². The van der Waals surface area contributed by atoms with Crippen LogP contribution in [0.25, 0.3) is 0 Å². The monoisotopic (exact) mass is 238 g/mol. The molecule has 2 rings (SSSR count). The highest BCUT2D eigenvalue weighted by Gasteiger charge is 2.17. The molecule has 0 fully saturated rings. The number of hydrogen-bond donors (Lipinski definition) is 1. The standard InChI is InChI=1S/C11H14N2S2/c1-3-12-11(10-6-14-7-13-10)9-4-5-15-8(9)2/h4-7,11-12H,3H2,1-2H3. The van der Waals surface area contributed by atoms with Crippen LogP contribution in [-0.4, -0.2) is 11.5 Å². The van der Waals surface area contributed by atoms with Crippen LogP contribution in [0.1, 0.15) is 29.1 Å². The van der Waals surface area contributed by atoms with Crippen LogP contribution in [0.15, 0.2) is 22.3 Å². The van der Waals surface area contributed by atoms with Gasteiger partial charge in [0.2, 0.25) is 0 Å². The molecule has 1 atom stereocenters. The van der Waals surface area contributed by atoms with E-state index in [1.807, 2.05) is 5.51 Å². The van der Waals surface area contributed by atoms with Gasteiger partial charge in [0, 0.05) is 10.3 Å². The molecule has 0 radical (unpaired) electrons. The van der Waals surface area contributed by atoms with E-state index in [1.165, 1.54) is 10.4 Å². The summed E-state index contributed by atoms with van der Waals surface area (Å²) in [7, 11) is 0. The molecule has 0 saturated heterocycles. The highest BCUT2D eigenvalue weighted by molar-refractivity contribution is 7.10. The zero-order chi connectivity index (χ0) is 10.7. The molecule has 0 spiro atoms. The van der Waals surface area contributed by atoms with Gasteiger partial charge in [0.15, 0.2) is 0 Å². The molecule has 2 nitrogen and oxygen atoms in total. The summed E-state index contributed by atoms with van der Waals surface area (Å²) < 4.78 is 0. The lowest BCUT2D eigenvalue weighted by molar-refractivity contribution is 0.618. The SMILES string of the molecule is CCNC(c1cscn1)c1ccsc1C. The molecule has 0 aliphatic rings. The lowest BCUT2D eigenvalue weighted by Gasteiger charge is -2.15. The predicted molar refractivity (Wildman–Crippen MR) is 66.7 cm³/mol. The average Bonchev–Trinajstić information content (AvgIpc) is 2.85. The molecule has 0 aromatic carbocycles. The molecular weight excluding hydrogens is 224 g/mol. The number of rotatable bonds is 4. The normalized spacial score (nSPS) is 12.9. The highest BCUT2D eigenvalue weighted by atomic mass is 32.1. The van der Waals surface area contributed by atoms with E-state index in [0.29, 0.717) is 0 Å². The quantitative estimate of drug-likeness (QED) is 0.884. The van der Waals surface area contributed by atoms with Gasteiger partial charge in [-0.05, 0) is 30.5 Å². The van der Waals surface area contributed by atoms with Gasteiger partial charge in [-0.3, -0.25) is 0 Å². The topological polar surface area (TPSA) is 24.9 Å². The van der Waals surface area contributed by atoms with Gasteiger partial charge in [-0.1, -0.05) is 6.92 Å². The van der Waals surface area contributed by atoms with Crippen molar-refractivity contribution in [3.63, 3.8) is 0 Å². The van der Waals surface area contributed by atoms with Gasteiger partial charge in [-0.15, -0.1) is 22.7 Å². The first-order chi connectivity index (χ1) is 7.33. The van der Waals surface area contributed by atoms with Gasteiger partial charge in [0.1, 0.15) is 0 Å². The fourth-order valence-corrected chi connectivity index (χ4v) is 2.96. The van der Waals surface area contributed by atoms with Gasteiger partial charge in [-0.2, -0.15) is 0 Å². The molecule has 2 aromatic rings. The van der Waals surface area contributed by atoms with Crippen LogP contribution in [-0.2, 0) is 0 Å². The summed E-state index contributed by atoms with van der Waals surface area (Å²) in [5.74, 6) is 0. The van der Waals surface area contributed by atoms with Gasteiger partial charge < -0.3 is 5.32 Å². The Bertz CT molecular complexity index is 406. The number of thiophene rings is 1. The number of thiazole rings is 1. The second kappa shape index (κ2) is 4.88. The predicted octanol–water partition coefficient (Wildman–Crippen LogP) is 3.21. The molecule has 0 aliphatic heterocycles. The van der Waals surface area contributed by atoms with E-state index in [-0.39, 0.29) is 6.04 Å². The van der Waals surface area contributed by atoms with E-state index >= 15 is 0 Å². The summed E-state index contributed by atoms with van der Waals surface area (Å²) in [5, 5.41) is 7.73. The molecule has 0 amide bonds. The summed E-state index contributed by atoms with van der Waals surface area (Å²) in [6.07, 6.45) is 0. The zero-order valence-corrected chi connectivity index (χ0v) is 10.5. The fourth-order valence-electron chi connectivity index (χ4n) is 1.64. The Balaban J connectivity index is 2.32. The lowest BCUT2D eigenvalue weighted by Crippen LogP contribution is -2.22. The largest absolute Gasteiger partial charge is 0.305 e. The number of nitrogens with zero attached hydrogens (tertiary/aromatic N) is 1. The van der Waals surface area contributed by atoms with Crippen LogP contribution in [0.2, 0.25) is 0 Å². The Kier molecular flexibility index (Phi) is 3.51. The van der Waals surface area contributed by atoms with Crippen LogP contribution in [0.5, 0.6) is 0 Å². The van der Waals surface area contributed by atoms with Gasteiger partial charge in [0.05, 0.1) is 17.2 Å². The molecule has 0 bridgehead atoms. The number of nitrogens with one attached hydrogen (secondary N) is 1. The number of hydrogen-bond acceptors (Lipinski definition) is 4. The van der Waals surface area contributed by atoms with Crippen molar-refractivity contribution in [2.24, 2.45) is 0 Å². The van der Waals surface area contributed by atoms with Gasteiger partial charge >= 0.3 is 0 Å². The Morgan fingerprint density at radius 3 is 2.93 bits per heavy atom. The van der Waals surface area contributed by atoms with Crippen LogP contribution >= 0.6 is 22.7 Å². The molecular formula is C11H14N2S2. The molecule has 4 heteroatoms. The molecule has 1 unspecified atom stereocenters. The summed E-state index contributed by atoms with van der Waals surface area (Å²) in [6.45, 7) is 5.25. The van der Waals surface area contributed by atoms with Crippen molar-refractivity contribution in [2.75, 3.05) is 6.54 Å². The number of aromatic nitrogens is 1. The minimum atomic E-state index is 0.257. The fraction of sp³-hybridized carbons (Fsp3) is 0.364. The minimum absolute atomic E-state index is 0.257. The van der Waals surface area contributed by atoms with Crippen LogP contribution in [0.4, 0.5) is 0 Å². The Labute approximate surface area is 98.0 Å². The molecule has 0 aliphatic carbocycles. The maximum Gasteiger partial charge on any atom is 0.0795 e. The summed E-state index contributed by atoms with van der Waals surface area (Å²) in [5.41, 5.74) is 4.37. The van der Waals surface area contributed by atoms with E-state index in [1.54, 1.807) is 22.7 Å². The zero-order valence-electron chi connectivity index (χ0n) is 8.86. The molecule has 80 valence electrons. The second-order valence-corrected chi connectivity index (χ2v) is 5.18. The smallest absolute Gasteiger partial charge is 0.0795 e. The minimum Gasteiger partial charge on any atom is -0.305 e. The van der Waals surface area contributed by atoms with E-state index < -0.39 is 0 Å². The van der Waals surface area contributed by atoms with Gasteiger partial charge in [0.25, 0.3) is 0 Å². The van der Waals surface area contributed by atoms with Crippen molar-refractivity contribution >= 4 is 22.7 Å². The maximum absolute atomic E-state index is 4.39. The Hall–Kier alpha value is -0.710. The van der Waals surface area contributed by atoms with Crippen molar-refractivity contribution in [3.05, 3.63) is 38.5 Å². The van der Waals surface area contributed by atoms with E-state index in [9.17, 15) is 0 Å². The van der Waals surface area contributed by atoms with Crippen LogP contribution in [0, 0.1) is 6.92 Å². The maximum atomic E-state index is 4.39. The first kappa shape index (κ1) is 10.8. The highest BCUT2D eigenvalue weighted by Crippen LogP contribution is 2.27. The average molecular weight is 238 g/mol. The number of aryl methyl sites for hydroxylation is 1. The molecule has 2 aromatic heterocycles. The molecule has 2 heterocycles. The lowest BCUT2D eigenvalue weighted by atomic mass is 10.1. The first-order valence-corrected chi connectivity index (χ1v) is 6.80. The van der Waals surface area contributed by atoms with Crippen molar-refractivity contribution in [3.8, 4) is 0 Å². The molecule has 15 heavy (non-hydrogen) atoms. The summed E-state index contributed by atoms with van der Waals surface area (Å²) in [6, 6.07) is 2.44. The Morgan fingerprint density at radius 2 is 2.40 bits per heavy atom. The van der Waals surface area contributed by atoms with Crippen LogP contribution in [0.3, 0.4) is 0 Å². The van der Waals surface area contributed by atoms with Crippen molar-refractivity contribution in [1.29, 1.82) is 0 Å². The summed E-state index contributed by atoms with van der Waals surface area (Å²) in [4.78, 5) is 5.76. The van der Waals surface area contributed by atoms with Crippen molar-refractivity contribution < 1.29 is 0 Å². The molecule has 1 N–H and O–H groups in total. The Morgan fingerprint density at radius 1 is 1.53 bits per heavy atom. The third-order valence-corrected chi connectivity index (χ3v) is 3.83. The summed E-state index contributed by atoms with van der Waals surface area (Å²) >= 11 is 3.44. The third-order valence-electron chi connectivity index (χ3n) is 2.37. The van der Waals surface area contributed by atoms with E-state index in [0.717, 1.165) is 12.2 Å². The third kappa shape index (κ3) is 2.27. The van der Waals surface area contributed by atoms with Gasteiger partial charge in [-0.25, -0.2) is 4.98 Å². The van der Waals surface area contributed by atoms with E-state index in [2.05, 4.69) is 41.0 Å². The van der Waals surface area contributed by atoms with Crippen molar-refractivity contribution in [2.45, 2.75) is 19.9 Å². The first-order valence-electron chi connectivity index (χ1n) is 4.98. The molecule has 0 saturated carbocycles. The second-order valence-electron chi connectivity index (χ2n) is 3.34. The van der Waals surface area contributed by atoms with Crippen LogP contribution < -0.4 is 5.32 Å². The van der Waals surface area contributed by atoms with Crippen molar-refractivity contribution in [1.82, 2.24) is 10.3 Å².